The smallest absolute Gasteiger partial charge is 0.405 e. The number of imide groups is 1. The molecule has 5 amide bonds. The number of urea groups is 1. The number of nitrogens with one attached hydrogen (secondary N) is 5. The summed E-state index contributed by atoms with van der Waals surface area (Å²) in [6.07, 6.45) is 3.71. The van der Waals surface area contributed by atoms with Gasteiger partial charge in [-0.25, -0.2) is 19.6 Å². The van der Waals surface area contributed by atoms with Crippen molar-refractivity contribution >= 4 is 51.2 Å². The highest BCUT2D eigenvalue weighted by molar-refractivity contribution is 7.21. The van der Waals surface area contributed by atoms with E-state index < -0.39 is 18.2 Å². The number of anilines is 1. The number of aromatic amines is 1. The van der Waals surface area contributed by atoms with Crippen LogP contribution in [0.25, 0.3) is 32.0 Å². The number of hydrogen-bond donors (Lipinski definition) is 6. The van der Waals surface area contributed by atoms with Crippen molar-refractivity contribution in [2.75, 3.05) is 18.4 Å². The molecule has 0 radical (unpaired) electrons. The SMILES string of the molecule is CC(C)[C@H](NC(=O)O)C(=O)N1CCC[C@H]1c1ncc(-c2ccc(-c3nc4ccc(NC(=O)NC(=O)[C@@H]5CCCN5)cc4s3)cc2)[nH]1. The van der Waals surface area contributed by atoms with Crippen LogP contribution in [0.15, 0.2) is 48.7 Å². The molecule has 4 heterocycles. The third kappa shape index (κ3) is 6.72. The number of rotatable bonds is 8. The highest BCUT2D eigenvalue weighted by Gasteiger charge is 2.37. The molecule has 0 aliphatic carbocycles. The molecule has 0 bridgehead atoms. The van der Waals surface area contributed by atoms with Gasteiger partial charge in [0.15, 0.2) is 0 Å². The lowest BCUT2D eigenvalue weighted by molar-refractivity contribution is -0.135. The Balaban J connectivity index is 1.12. The monoisotopic (exact) mass is 644 g/mol. The number of thiazole rings is 1. The Morgan fingerprint density at radius 1 is 1.04 bits per heavy atom. The Hall–Kier alpha value is -4.82. The van der Waals surface area contributed by atoms with Crippen LogP contribution in [0.5, 0.6) is 0 Å². The second-order valence-electron chi connectivity index (χ2n) is 11.9. The number of nitrogens with zero attached hydrogens (tertiary/aromatic N) is 3. The normalized spacial score (nSPS) is 18.5. The summed E-state index contributed by atoms with van der Waals surface area (Å²) < 4.78 is 0.896. The molecule has 2 aliphatic rings. The van der Waals surface area contributed by atoms with Crippen LogP contribution >= 0.6 is 11.3 Å². The van der Waals surface area contributed by atoms with Crippen molar-refractivity contribution in [3.63, 3.8) is 0 Å². The van der Waals surface area contributed by atoms with Gasteiger partial charge < -0.3 is 30.9 Å². The molecule has 2 aromatic heterocycles. The minimum Gasteiger partial charge on any atom is -0.465 e. The molecule has 6 N–H and O–H groups in total. The molecule has 0 unspecified atom stereocenters. The largest absolute Gasteiger partial charge is 0.465 e. The lowest BCUT2D eigenvalue weighted by atomic mass is 10.0. The summed E-state index contributed by atoms with van der Waals surface area (Å²) in [4.78, 5) is 63.6. The fourth-order valence-electron chi connectivity index (χ4n) is 5.98. The summed E-state index contributed by atoms with van der Waals surface area (Å²) in [5, 5.41) is 20.6. The van der Waals surface area contributed by atoms with Crippen molar-refractivity contribution in [2.24, 2.45) is 5.92 Å². The van der Waals surface area contributed by atoms with Gasteiger partial charge in [-0.15, -0.1) is 11.3 Å². The van der Waals surface area contributed by atoms with Crippen molar-refractivity contribution in [1.82, 2.24) is 35.8 Å². The highest BCUT2D eigenvalue weighted by atomic mass is 32.1. The number of carbonyl (C=O) groups is 4. The summed E-state index contributed by atoms with van der Waals surface area (Å²) in [5.74, 6) is -0.0818. The first-order valence-electron chi connectivity index (χ1n) is 15.4. The number of benzene rings is 2. The van der Waals surface area contributed by atoms with Crippen molar-refractivity contribution in [1.29, 1.82) is 0 Å². The van der Waals surface area contributed by atoms with E-state index in [-0.39, 0.29) is 29.8 Å². The molecule has 240 valence electrons. The minimum atomic E-state index is -1.22. The van der Waals surface area contributed by atoms with E-state index in [0.29, 0.717) is 24.5 Å². The maximum atomic E-state index is 13.3. The molecule has 0 spiro atoms. The van der Waals surface area contributed by atoms with E-state index in [2.05, 4.69) is 31.2 Å². The van der Waals surface area contributed by atoms with Gasteiger partial charge in [0.25, 0.3) is 0 Å². The maximum absolute atomic E-state index is 13.3. The third-order valence-corrected chi connectivity index (χ3v) is 9.43. The topological polar surface area (TPSA) is 181 Å². The van der Waals surface area contributed by atoms with E-state index in [0.717, 1.165) is 57.9 Å². The lowest BCUT2D eigenvalue weighted by Crippen LogP contribution is -2.50. The number of likely N-dealkylation sites (tertiary alicyclic amines) is 1. The van der Waals surface area contributed by atoms with Gasteiger partial charge >= 0.3 is 12.1 Å². The Kier molecular flexibility index (Phi) is 8.99. The Labute approximate surface area is 269 Å². The van der Waals surface area contributed by atoms with E-state index in [4.69, 9.17) is 4.98 Å². The summed E-state index contributed by atoms with van der Waals surface area (Å²) in [7, 11) is 0. The summed E-state index contributed by atoms with van der Waals surface area (Å²) in [5.41, 5.74) is 4.04. The zero-order valence-corrected chi connectivity index (χ0v) is 26.3. The van der Waals surface area contributed by atoms with Crippen LogP contribution < -0.4 is 21.3 Å². The second-order valence-corrected chi connectivity index (χ2v) is 12.9. The summed E-state index contributed by atoms with van der Waals surface area (Å²) >= 11 is 1.50. The molecule has 6 rings (SSSR count). The standard InChI is InChI=1S/C32H36N8O5S/c1-17(2)26(38-32(44)45)30(42)40-14-4-6-24(40)27-34-16-23(36-27)18-7-9-19(10-8-18)29-37-21-12-11-20(15-25(21)46-29)35-31(43)39-28(41)22-5-3-13-33-22/h7-12,15-17,22,24,26,33,38H,3-6,13-14H2,1-2H3,(H,34,36)(H,44,45)(H2,35,39,41,43)/t22-,24-,26-/m0/s1. The zero-order valence-electron chi connectivity index (χ0n) is 25.5. The van der Waals surface area contributed by atoms with Gasteiger partial charge in [-0.3, -0.25) is 14.9 Å². The first-order chi connectivity index (χ1) is 22.2. The van der Waals surface area contributed by atoms with E-state index in [9.17, 15) is 24.3 Å². The fourth-order valence-corrected chi connectivity index (χ4v) is 6.99. The first-order valence-corrected chi connectivity index (χ1v) is 16.2. The molecule has 2 aromatic carbocycles. The van der Waals surface area contributed by atoms with Crippen LogP contribution in [-0.2, 0) is 9.59 Å². The molecule has 46 heavy (non-hydrogen) atoms. The molecule has 2 fully saturated rings. The van der Waals surface area contributed by atoms with Crippen LogP contribution in [-0.4, -0.2) is 74.1 Å². The number of carboxylic acid groups (broad SMARTS) is 1. The molecule has 3 atom stereocenters. The van der Waals surface area contributed by atoms with Crippen LogP contribution in [0.3, 0.4) is 0 Å². The maximum Gasteiger partial charge on any atom is 0.405 e. The molecule has 4 aromatic rings. The fraction of sp³-hybridized carbons (Fsp3) is 0.375. The predicted octanol–water partition coefficient (Wildman–Crippen LogP) is 4.71. The average molecular weight is 645 g/mol. The molecule has 14 heteroatoms. The van der Waals surface area contributed by atoms with Crippen LogP contribution in [0.1, 0.15) is 51.4 Å². The van der Waals surface area contributed by atoms with Crippen LogP contribution in [0, 0.1) is 5.92 Å². The summed E-state index contributed by atoms with van der Waals surface area (Å²) in [6.45, 7) is 4.96. The average Bonchev–Trinajstić information content (AvgIpc) is 3.85. The van der Waals surface area contributed by atoms with E-state index in [1.54, 1.807) is 17.2 Å². The number of H-pyrrole nitrogens is 1. The molecule has 2 saturated heterocycles. The molecule has 13 nitrogen and oxygen atoms in total. The quantitative estimate of drug-likeness (QED) is 0.159. The van der Waals surface area contributed by atoms with Gasteiger partial charge in [0.05, 0.1) is 34.2 Å². The number of amides is 5. The van der Waals surface area contributed by atoms with Gasteiger partial charge in [0.2, 0.25) is 11.8 Å². The number of fused-ring (bicyclic) bond motifs is 1. The van der Waals surface area contributed by atoms with Gasteiger partial charge in [-0.05, 0) is 61.9 Å². The Bertz CT molecular complexity index is 1760. The Morgan fingerprint density at radius 2 is 1.83 bits per heavy atom. The van der Waals surface area contributed by atoms with Gasteiger partial charge in [-0.2, -0.15) is 0 Å². The first kappa shape index (κ1) is 31.2. The van der Waals surface area contributed by atoms with Crippen molar-refractivity contribution in [3.8, 4) is 21.8 Å². The van der Waals surface area contributed by atoms with E-state index >= 15 is 0 Å². The van der Waals surface area contributed by atoms with Gasteiger partial charge in [0, 0.05) is 17.8 Å². The summed E-state index contributed by atoms with van der Waals surface area (Å²) in [6, 6.07) is 11.4. The zero-order chi connectivity index (χ0) is 32.4. The predicted molar refractivity (Wildman–Crippen MR) is 174 cm³/mol. The van der Waals surface area contributed by atoms with Crippen molar-refractivity contribution in [2.45, 2.75) is 57.7 Å². The van der Waals surface area contributed by atoms with E-state index in [1.165, 1.54) is 11.3 Å². The molecular formula is C32H36N8O5S. The highest BCUT2D eigenvalue weighted by Crippen LogP contribution is 2.35. The third-order valence-electron chi connectivity index (χ3n) is 8.36. The van der Waals surface area contributed by atoms with E-state index in [1.807, 2.05) is 50.2 Å². The molecular weight excluding hydrogens is 608 g/mol. The minimum absolute atomic E-state index is 0.188. The van der Waals surface area contributed by atoms with Gasteiger partial charge in [0.1, 0.15) is 16.9 Å². The Morgan fingerprint density at radius 3 is 2.54 bits per heavy atom. The number of imidazole rings is 1. The molecule has 0 saturated carbocycles. The number of aromatic nitrogens is 3. The van der Waals surface area contributed by atoms with Gasteiger partial charge in [-0.1, -0.05) is 38.1 Å². The molecule has 2 aliphatic heterocycles. The van der Waals surface area contributed by atoms with Crippen molar-refractivity contribution in [3.05, 3.63) is 54.5 Å². The second kappa shape index (κ2) is 13.3. The van der Waals surface area contributed by atoms with Crippen molar-refractivity contribution < 1.29 is 24.3 Å². The lowest BCUT2D eigenvalue weighted by Gasteiger charge is -2.29. The van der Waals surface area contributed by atoms with Crippen LogP contribution in [0.4, 0.5) is 15.3 Å². The number of hydrogen-bond acceptors (Lipinski definition) is 8. The number of carbonyl (C=O) groups excluding carboxylic acids is 3. The van der Waals surface area contributed by atoms with Crippen LogP contribution in [0.2, 0.25) is 0 Å².